The summed E-state index contributed by atoms with van der Waals surface area (Å²) in [5, 5.41) is 16.9. The molecule has 2 atom stereocenters. The van der Waals surface area contributed by atoms with E-state index in [1.165, 1.54) is 5.69 Å². The van der Waals surface area contributed by atoms with Crippen LogP contribution in [0.15, 0.2) is 6.07 Å². The van der Waals surface area contributed by atoms with Gasteiger partial charge in [0.1, 0.15) is 0 Å². The topological polar surface area (TPSA) is 67.2 Å². The van der Waals surface area contributed by atoms with Crippen LogP contribution in [0.3, 0.4) is 0 Å². The molecule has 0 bridgehead atoms. The van der Waals surface area contributed by atoms with Crippen LogP contribution in [-0.2, 0) is 24.3 Å². The normalized spacial score (nSPS) is 14.1. The van der Waals surface area contributed by atoms with Gasteiger partial charge in [0, 0.05) is 19.1 Å². The van der Waals surface area contributed by atoms with Crippen LogP contribution in [0.5, 0.6) is 0 Å². The predicted molar refractivity (Wildman–Crippen MR) is 84.2 cm³/mol. The quantitative estimate of drug-likeness (QED) is 0.696. The molecule has 1 heterocycles. The Hall–Kier alpha value is -1.36. The highest BCUT2D eigenvalue weighted by atomic mass is 16.4. The summed E-state index contributed by atoms with van der Waals surface area (Å²) >= 11 is 0. The lowest BCUT2D eigenvalue weighted by molar-refractivity contribution is -0.141. The Morgan fingerprint density at radius 2 is 2.10 bits per heavy atom. The molecule has 1 aromatic heterocycles. The van der Waals surface area contributed by atoms with Crippen LogP contribution in [-0.4, -0.2) is 26.9 Å². The van der Waals surface area contributed by atoms with Gasteiger partial charge in [0.25, 0.3) is 0 Å². The smallest absolute Gasteiger partial charge is 0.306 e. The lowest BCUT2D eigenvalue weighted by Gasteiger charge is -2.15. The molecule has 0 amide bonds. The molecule has 2 N–H and O–H groups in total. The summed E-state index contributed by atoms with van der Waals surface area (Å²) in [6.07, 6.45) is 3.64. The first-order chi connectivity index (χ1) is 9.97. The van der Waals surface area contributed by atoms with Gasteiger partial charge in [-0.2, -0.15) is 5.10 Å². The van der Waals surface area contributed by atoms with Gasteiger partial charge in [-0.15, -0.1) is 0 Å². The summed E-state index contributed by atoms with van der Waals surface area (Å²) in [7, 11) is 0. The van der Waals surface area contributed by atoms with E-state index in [0.29, 0.717) is 6.04 Å². The van der Waals surface area contributed by atoms with Gasteiger partial charge in [0.2, 0.25) is 0 Å². The lowest BCUT2D eigenvalue weighted by atomic mass is 10.0. The van der Waals surface area contributed by atoms with Crippen molar-refractivity contribution in [3.63, 3.8) is 0 Å². The van der Waals surface area contributed by atoms with Gasteiger partial charge >= 0.3 is 5.97 Å². The Kier molecular flexibility index (Phi) is 7.43. The summed E-state index contributed by atoms with van der Waals surface area (Å²) in [4.78, 5) is 10.8. The number of carbonyl (C=O) groups is 1. The fourth-order valence-electron chi connectivity index (χ4n) is 2.34. The fraction of sp³-hybridized carbons (Fsp3) is 0.750. The lowest BCUT2D eigenvalue weighted by Crippen LogP contribution is -2.27. The van der Waals surface area contributed by atoms with Crippen LogP contribution in [0.2, 0.25) is 0 Å². The molecule has 0 fully saturated rings. The van der Waals surface area contributed by atoms with Crippen LogP contribution >= 0.6 is 0 Å². The van der Waals surface area contributed by atoms with Gasteiger partial charge in [0.15, 0.2) is 0 Å². The molecule has 0 aliphatic carbocycles. The van der Waals surface area contributed by atoms with Crippen molar-refractivity contribution in [1.82, 2.24) is 15.1 Å². The average Bonchev–Trinajstić information content (AvgIpc) is 2.87. The van der Waals surface area contributed by atoms with E-state index in [4.69, 9.17) is 5.11 Å². The van der Waals surface area contributed by atoms with Crippen molar-refractivity contribution >= 4 is 5.97 Å². The summed E-state index contributed by atoms with van der Waals surface area (Å²) < 4.78 is 2.05. The average molecular weight is 295 g/mol. The van der Waals surface area contributed by atoms with Crippen molar-refractivity contribution < 1.29 is 9.90 Å². The fourth-order valence-corrected chi connectivity index (χ4v) is 2.34. The van der Waals surface area contributed by atoms with E-state index in [2.05, 4.69) is 37.3 Å². The molecule has 0 radical (unpaired) electrons. The molecule has 1 aromatic rings. The Morgan fingerprint density at radius 3 is 2.67 bits per heavy atom. The van der Waals surface area contributed by atoms with Crippen LogP contribution in [0.25, 0.3) is 0 Å². The molecule has 1 rings (SSSR count). The molecule has 0 aromatic carbocycles. The zero-order valence-electron chi connectivity index (χ0n) is 13.7. The number of rotatable bonds is 10. The van der Waals surface area contributed by atoms with E-state index in [9.17, 15) is 4.79 Å². The molecule has 5 nitrogen and oxygen atoms in total. The highest BCUT2D eigenvalue weighted by molar-refractivity contribution is 5.69. The molecular weight excluding hydrogens is 266 g/mol. The number of carboxylic acids is 1. The van der Waals surface area contributed by atoms with Crippen LogP contribution in [0.4, 0.5) is 0 Å². The van der Waals surface area contributed by atoms with Gasteiger partial charge in [0.05, 0.1) is 17.3 Å². The minimum absolute atomic E-state index is 0.245. The third kappa shape index (κ3) is 5.87. The van der Waals surface area contributed by atoms with Crippen LogP contribution in [0.1, 0.15) is 58.3 Å². The first-order valence-corrected chi connectivity index (χ1v) is 7.99. The van der Waals surface area contributed by atoms with Gasteiger partial charge in [-0.3, -0.25) is 9.48 Å². The number of aliphatic carboxylic acids is 1. The monoisotopic (exact) mass is 295 g/mol. The van der Waals surface area contributed by atoms with E-state index in [1.807, 2.05) is 4.68 Å². The SMILES string of the molecule is CCc1cc(CNC(C)CCCC(C)C(=O)O)n(CC)n1. The van der Waals surface area contributed by atoms with Gasteiger partial charge in [-0.25, -0.2) is 0 Å². The van der Waals surface area contributed by atoms with E-state index in [1.54, 1.807) is 6.92 Å². The summed E-state index contributed by atoms with van der Waals surface area (Å²) in [6, 6.07) is 2.55. The molecule has 0 aliphatic rings. The maximum atomic E-state index is 10.8. The molecular formula is C16H29N3O2. The Morgan fingerprint density at radius 1 is 1.38 bits per heavy atom. The van der Waals surface area contributed by atoms with Gasteiger partial charge in [-0.05, 0) is 39.2 Å². The molecule has 0 saturated heterocycles. The molecule has 5 heteroatoms. The van der Waals surface area contributed by atoms with E-state index < -0.39 is 5.97 Å². The highest BCUT2D eigenvalue weighted by Crippen LogP contribution is 2.11. The molecule has 0 saturated carbocycles. The highest BCUT2D eigenvalue weighted by Gasteiger charge is 2.12. The summed E-state index contributed by atoms with van der Waals surface area (Å²) in [5.41, 5.74) is 2.36. The standard InChI is InChI=1S/C16H29N3O2/c1-5-14-10-15(19(6-2)18-14)11-17-13(4)9-7-8-12(3)16(20)21/h10,12-13,17H,5-9,11H2,1-4H3,(H,20,21). The first-order valence-electron chi connectivity index (χ1n) is 7.99. The van der Waals surface area contributed by atoms with Crippen molar-refractivity contribution in [3.05, 3.63) is 17.5 Å². The number of aromatic nitrogens is 2. The van der Waals surface area contributed by atoms with Crippen molar-refractivity contribution in [2.45, 2.75) is 72.5 Å². The van der Waals surface area contributed by atoms with E-state index in [0.717, 1.165) is 44.5 Å². The number of aryl methyl sites for hydroxylation is 2. The molecule has 0 spiro atoms. The van der Waals surface area contributed by atoms with Crippen molar-refractivity contribution in [2.24, 2.45) is 5.92 Å². The molecule has 120 valence electrons. The third-order valence-corrected chi connectivity index (χ3v) is 3.90. The second kappa shape index (κ2) is 8.82. The summed E-state index contributed by atoms with van der Waals surface area (Å²) in [5.74, 6) is -0.944. The van der Waals surface area contributed by atoms with Gasteiger partial charge < -0.3 is 10.4 Å². The molecule has 0 aliphatic heterocycles. The number of nitrogens with zero attached hydrogens (tertiary/aromatic N) is 2. The van der Waals surface area contributed by atoms with Crippen LogP contribution < -0.4 is 5.32 Å². The largest absolute Gasteiger partial charge is 0.481 e. The minimum atomic E-state index is -0.699. The maximum absolute atomic E-state index is 10.8. The maximum Gasteiger partial charge on any atom is 0.306 e. The molecule has 2 unspecified atom stereocenters. The zero-order chi connectivity index (χ0) is 15.8. The zero-order valence-corrected chi connectivity index (χ0v) is 13.7. The minimum Gasteiger partial charge on any atom is -0.481 e. The van der Waals surface area contributed by atoms with Crippen LogP contribution in [0, 0.1) is 5.92 Å². The Balaban J connectivity index is 2.34. The number of nitrogens with one attached hydrogen (secondary N) is 1. The van der Waals surface area contributed by atoms with E-state index >= 15 is 0 Å². The van der Waals surface area contributed by atoms with Gasteiger partial charge in [-0.1, -0.05) is 20.3 Å². The first kappa shape index (κ1) is 17.7. The van der Waals surface area contributed by atoms with Crippen molar-refractivity contribution in [1.29, 1.82) is 0 Å². The number of carboxylic acid groups (broad SMARTS) is 1. The Labute approximate surface area is 127 Å². The summed E-state index contributed by atoms with van der Waals surface area (Å²) in [6.45, 7) is 9.85. The van der Waals surface area contributed by atoms with Crippen molar-refractivity contribution in [2.75, 3.05) is 0 Å². The Bertz CT molecular complexity index is 443. The van der Waals surface area contributed by atoms with E-state index in [-0.39, 0.29) is 5.92 Å². The second-order valence-corrected chi connectivity index (χ2v) is 5.75. The predicted octanol–water partition coefficient (Wildman–Crippen LogP) is 2.83. The second-order valence-electron chi connectivity index (χ2n) is 5.75. The van der Waals surface area contributed by atoms with Crippen molar-refractivity contribution in [3.8, 4) is 0 Å². The number of hydrogen-bond donors (Lipinski definition) is 2. The molecule has 21 heavy (non-hydrogen) atoms. The number of hydrogen-bond acceptors (Lipinski definition) is 3. The third-order valence-electron chi connectivity index (χ3n) is 3.90.